The molecule has 0 aliphatic rings. The average Bonchev–Trinajstić information content (AvgIpc) is 2.52. The number of nitrogens with one attached hydrogen (secondary N) is 1. The number of aromatic amines is 1. The van der Waals surface area contributed by atoms with Crippen LogP contribution in [0.15, 0.2) is 0 Å². The Balaban J connectivity index is 2.42. The minimum Gasteiger partial charge on any atom is -0.303 e. The molecule has 1 heterocycles. The molecule has 1 N–H and O–H groups in total. The van der Waals surface area contributed by atoms with E-state index in [-0.39, 0.29) is 5.92 Å². The van der Waals surface area contributed by atoms with Crippen LogP contribution in [0.25, 0.3) is 0 Å². The second-order valence-electron chi connectivity index (χ2n) is 2.43. The molecule has 5 heteroatoms. The van der Waals surface area contributed by atoms with Crippen LogP contribution in [0, 0.1) is 0 Å². The van der Waals surface area contributed by atoms with Gasteiger partial charge in [-0.1, -0.05) is 6.92 Å². The topological polar surface area (TPSA) is 71.5 Å². The first-order chi connectivity index (χ1) is 5.34. The van der Waals surface area contributed by atoms with Crippen LogP contribution in [-0.4, -0.2) is 26.9 Å². The van der Waals surface area contributed by atoms with Crippen molar-refractivity contribution in [3.63, 3.8) is 0 Å². The average molecular weight is 154 g/mol. The molecule has 0 amide bonds. The van der Waals surface area contributed by atoms with Crippen molar-refractivity contribution in [1.82, 2.24) is 20.6 Å². The first kappa shape index (κ1) is 7.84. The summed E-state index contributed by atoms with van der Waals surface area (Å²) in [6, 6.07) is 0. The van der Waals surface area contributed by atoms with Crippen molar-refractivity contribution in [1.29, 1.82) is 0 Å². The summed E-state index contributed by atoms with van der Waals surface area (Å²) in [4.78, 5) is 10.0. The minimum absolute atomic E-state index is 0.232. The Morgan fingerprint density at radius 2 is 2.55 bits per heavy atom. The van der Waals surface area contributed by atoms with E-state index in [4.69, 9.17) is 0 Å². The fraction of sp³-hybridized carbons (Fsp3) is 0.667. The summed E-state index contributed by atoms with van der Waals surface area (Å²) < 4.78 is 0. The summed E-state index contributed by atoms with van der Waals surface area (Å²) in [5.74, 6) is 0.974. The number of aromatic nitrogens is 4. The lowest BCUT2D eigenvalue weighted by molar-refractivity contribution is -0.108. The van der Waals surface area contributed by atoms with Crippen molar-refractivity contribution >= 4 is 6.29 Å². The standard InChI is InChI=1S/C6H10N4O/c1-5(3-2-4-11)6-7-9-10-8-6/h4-5H,2-3H2,1H3,(H,7,8,9,10)/t5-/m0/s1. The molecule has 1 aromatic heterocycles. The smallest absolute Gasteiger partial charge is 0.151 e. The van der Waals surface area contributed by atoms with Gasteiger partial charge in [-0.3, -0.25) is 0 Å². The monoisotopic (exact) mass is 154 g/mol. The third-order valence-electron chi connectivity index (χ3n) is 1.55. The van der Waals surface area contributed by atoms with Crippen molar-refractivity contribution in [3.8, 4) is 0 Å². The molecule has 1 aromatic rings. The Bertz CT molecular complexity index is 208. The van der Waals surface area contributed by atoms with Gasteiger partial charge in [-0.25, -0.2) is 5.10 Å². The zero-order valence-corrected chi connectivity index (χ0v) is 6.32. The Hall–Kier alpha value is -1.26. The number of tetrazole rings is 1. The number of nitrogens with zero attached hydrogens (tertiary/aromatic N) is 3. The zero-order valence-electron chi connectivity index (χ0n) is 6.32. The van der Waals surface area contributed by atoms with Crippen LogP contribution in [0.5, 0.6) is 0 Å². The third-order valence-corrected chi connectivity index (χ3v) is 1.55. The van der Waals surface area contributed by atoms with E-state index in [1.807, 2.05) is 6.92 Å². The van der Waals surface area contributed by atoms with Gasteiger partial charge >= 0.3 is 0 Å². The Labute approximate surface area is 64.2 Å². The molecule has 5 nitrogen and oxygen atoms in total. The van der Waals surface area contributed by atoms with E-state index in [1.54, 1.807) is 0 Å². The fourth-order valence-electron chi connectivity index (χ4n) is 0.830. The lowest BCUT2D eigenvalue weighted by Gasteiger charge is -2.01. The summed E-state index contributed by atoms with van der Waals surface area (Å²) in [7, 11) is 0. The number of carbonyl (C=O) groups is 1. The van der Waals surface area contributed by atoms with E-state index in [0.717, 1.165) is 18.5 Å². The highest BCUT2D eigenvalue weighted by Gasteiger charge is 2.07. The SMILES string of the molecule is C[C@@H](CCC=O)c1nnn[nH]1. The number of H-pyrrole nitrogens is 1. The predicted octanol–water partition coefficient (Wildman–Crippen LogP) is 0.282. The molecule has 0 aliphatic heterocycles. The van der Waals surface area contributed by atoms with Crippen LogP contribution in [0.1, 0.15) is 31.5 Å². The molecule has 0 aliphatic carbocycles. The third kappa shape index (κ3) is 2.10. The molecule has 1 atom stereocenters. The van der Waals surface area contributed by atoms with Crippen molar-refractivity contribution in [2.45, 2.75) is 25.7 Å². The van der Waals surface area contributed by atoms with Gasteiger partial charge < -0.3 is 4.79 Å². The van der Waals surface area contributed by atoms with E-state index in [9.17, 15) is 4.79 Å². The molecule has 60 valence electrons. The van der Waals surface area contributed by atoms with Gasteiger partial charge in [-0.05, 0) is 16.8 Å². The van der Waals surface area contributed by atoms with E-state index < -0.39 is 0 Å². The highest BCUT2D eigenvalue weighted by atomic mass is 16.1. The van der Waals surface area contributed by atoms with Gasteiger partial charge in [0.2, 0.25) is 0 Å². The number of hydrogen-bond acceptors (Lipinski definition) is 4. The summed E-state index contributed by atoms with van der Waals surface area (Å²) in [5.41, 5.74) is 0. The molecular formula is C6H10N4O. The first-order valence-electron chi connectivity index (χ1n) is 3.52. The van der Waals surface area contributed by atoms with Crippen molar-refractivity contribution in [2.75, 3.05) is 0 Å². The van der Waals surface area contributed by atoms with E-state index in [1.165, 1.54) is 0 Å². The molecule has 0 radical (unpaired) electrons. The van der Waals surface area contributed by atoms with E-state index in [2.05, 4.69) is 20.6 Å². The maximum Gasteiger partial charge on any atom is 0.151 e. The molecule has 0 spiro atoms. The van der Waals surface area contributed by atoms with Crippen molar-refractivity contribution in [3.05, 3.63) is 5.82 Å². The molecule has 0 bridgehead atoms. The maximum atomic E-state index is 10.0. The van der Waals surface area contributed by atoms with Gasteiger partial charge in [0.15, 0.2) is 5.82 Å². The maximum absolute atomic E-state index is 10.0. The zero-order chi connectivity index (χ0) is 8.10. The van der Waals surface area contributed by atoms with Crippen LogP contribution in [0.4, 0.5) is 0 Å². The number of carbonyl (C=O) groups excluding carboxylic acids is 1. The largest absolute Gasteiger partial charge is 0.303 e. The lowest BCUT2D eigenvalue weighted by Crippen LogP contribution is -1.96. The summed E-state index contributed by atoms with van der Waals surface area (Å²) >= 11 is 0. The Morgan fingerprint density at radius 1 is 1.73 bits per heavy atom. The predicted molar refractivity (Wildman–Crippen MR) is 37.9 cm³/mol. The quantitative estimate of drug-likeness (QED) is 0.632. The normalized spacial score (nSPS) is 12.8. The van der Waals surface area contributed by atoms with Crippen LogP contribution in [0.2, 0.25) is 0 Å². The second kappa shape index (κ2) is 3.80. The van der Waals surface area contributed by atoms with E-state index >= 15 is 0 Å². The van der Waals surface area contributed by atoms with Gasteiger partial charge in [-0.2, -0.15) is 0 Å². The molecule has 0 saturated carbocycles. The molecule has 11 heavy (non-hydrogen) atoms. The molecule has 0 fully saturated rings. The summed E-state index contributed by atoms with van der Waals surface area (Å²) in [6.07, 6.45) is 2.25. The molecule has 0 aromatic carbocycles. The number of aldehydes is 1. The van der Waals surface area contributed by atoms with Gasteiger partial charge in [0.05, 0.1) is 0 Å². The molecular weight excluding hydrogens is 144 g/mol. The fourth-order valence-corrected chi connectivity index (χ4v) is 0.830. The molecule has 0 unspecified atom stereocenters. The Morgan fingerprint density at radius 3 is 3.09 bits per heavy atom. The van der Waals surface area contributed by atoms with Crippen molar-refractivity contribution in [2.24, 2.45) is 0 Å². The van der Waals surface area contributed by atoms with Gasteiger partial charge in [0, 0.05) is 12.3 Å². The number of hydrogen-bond donors (Lipinski definition) is 1. The van der Waals surface area contributed by atoms with Gasteiger partial charge in [-0.15, -0.1) is 5.10 Å². The van der Waals surface area contributed by atoms with Crippen LogP contribution in [0.3, 0.4) is 0 Å². The van der Waals surface area contributed by atoms with Crippen molar-refractivity contribution < 1.29 is 4.79 Å². The highest BCUT2D eigenvalue weighted by molar-refractivity contribution is 5.49. The highest BCUT2D eigenvalue weighted by Crippen LogP contribution is 2.13. The summed E-state index contributed by atoms with van der Waals surface area (Å²) in [6.45, 7) is 1.98. The second-order valence-corrected chi connectivity index (χ2v) is 2.43. The Kier molecular flexibility index (Phi) is 2.71. The lowest BCUT2D eigenvalue weighted by atomic mass is 10.1. The van der Waals surface area contributed by atoms with Gasteiger partial charge in [0.25, 0.3) is 0 Å². The molecule has 0 saturated heterocycles. The first-order valence-corrected chi connectivity index (χ1v) is 3.52. The van der Waals surface area contributed by atoms with Crippen LogP contribution >= 0.6 is 0 Å². The minimum atomic E-state index is 0.232. The van der Waals surface area contributed by atoms with Gasteiger partial charge in [0.1, 0.15) is 6.29 Å². The van der Waals surface area contributed by atoms with Crippen LogP contribution in [-0.2, 0) is 4.79 Å². The van der Waals surface area contributed by atoms with Crippen LogP contribution < -0.4 is 0 Å². The molecule has 1 rings (SSSR count). The van der Waals surface area contributed by atoms with E-state index in [0.29, 0.717) is 6.42 Å². The summed E-state index contributed by atoms with van der Waals surface area (Å²) in [5, 5.41) is 13.3. The number of rotatable bonds is 4.